The van der Waals surface area contributed by atoms with Crippen molar-refractivity contribution in [1.29, 1.82) is 0 Å². The highest BCUT2D eigenvalue weighted by molar-refractivity contribution is 5.83. The molecule has 0 amide bonds. The van der Waals surface area contributed by atoms with Crippen LogP contribution in [-0.2, 0) is 0 Å². The molecular formula is C20H21NO3. The van der Waals surface area contributed by atoms with Gasteiger partial charge in [0.15, 0.2) is 0 Å². The molecular weight excluding hydrogens is 302 g/mol. The van der Waals surface area contributed by atoms with E-state index >= 15 is 0 Å². The van der Waals surface area contributed by atoms with Gasteiger partial charge in [-0.05, 0) is 42.0 Å². The van der Waals surface area contributed by atoms with E-state index in [4.69, 9.17) is 14.0 Å². The second-order valence-electron chi connectivity index (χ2n) is 5.89. The van der Waals surface area contributed by atoms with Crippen molar-refractivity contribution in [2.24, 2.45) is 0 Å². The molecule has 0 atom stereocenters. The third-order valence-corrected chi connectivity index (χ3v) is 3.96. The molecule has 0 saturated heterocycles. The van der Waals surface area contributed by atoms with E-state index in [1.54, 1.807) is 14.2 Å². The minimum atomic E-state index is 0.227. The summed E-state index contributed by atoms with van der Waals surface area (Å²) in [6.07, 6.45) is 0. The monoisotopic (exact) mass is 323 g/mol. The van der Waals surface area contributed by atoms with Crippen LogP contribution in [0.3, 0.4) is 0 Å². The highest BCUT2D eigenvalue weighted by Gasteiger charge is 2.21. The van der Waals surface area contributed by atoms with Crippen molar-refractivity contribution < 1.29 is 14.0 Å². The summed E-state index contributed by atoms with van der Waals surface area (Å²) in [5.74, 6) is 2.72. The fourth-order valence-corrected chi connectivity index (χ4v) is 2.70. The number of methoxy groups -OCH3 is 2. The summed E-state index contributed by atoms with van der Waals surface area (Å²) in [5, 5.41) is 4.34. The third-order valence-electron chi connectivity index (χ3n) is 3.96. The van der Waals surface area contributed by atoms with E-state index in [0.29, 0.717) is 0 Å². The smallest absolute Gasteiger partial charge is 0.147 e. The van der Waals surface area contributed by atoms with Gasteiger partial charge in [0.25, 0.3) is 0 Å². The van der Waals surface area contributed by atoms with Crippen molar-refractivity contribution in [2.75, 3.05) is 14.2 Å². The summed E-state index contributed by atoms with van der Waals surface area (Å²) >= 11 is 0. The normalized spacial score (nSPS) is 10.9. The number of nitrogens with zero attached hydrogens (tertiary/aromatic N) is 1. The largest absolute Gasteiger partial charge is 0.497 e. The summed E-state index contributed by atoms with van der Waals surface area (Å²) < 4.78 is 16.3. The topological polar surface area (TPSA) is 44.5 Å². The second-order valence-corrected chi connectivity index (χ2v) is 5.89. The van der Waals surface area contributed by atoms with Gasteiger partial charge in [0, 0.05) is 11.5 Å². The van der Waals surface area contributed by atoms with Crippen LogP contribution in [0.2, 0.25) is 0 Å². The zero-order valence-corrected chi connectivity index (χ0v) is 14.4. The fraction of sp³-hybridized carbons (Fsp3) is 0.250. The molecule has 0 saturated carbocycles. The van der Waals surface area contributed by atoms with E-state index in [1.165, 1.54) is 0 Å². The number of hydrogen-bond donors (Lipinski definition) is 0. The van der Waals surface area contributed by atoms with Gasteiger partial charge in [0.05, 0.1) is 19.8 Å². The average molecular weight is 323 g/mol. The molecule has 3 rings (SSSR count). The lowest BCUT2D eigenvalue weighted by Gasteiger charge is -2.09. The lowest BCUT2D eigenvalue weighted by atomic mass is 9.95. The molecule has 0 aliphatic carbocycles. The van der Waals surface area contributed by atoms with Gasteiger partial charge in [-0.15, -0.1) is 0 Å². The van der Waals surface area contributed by atoms with Gasteiger partial charge in [0.2, 0.25) is 0 Å². The molecule has 0 aliphatic heterocycles. The maximum absolute atomic E-state index is 5.67. The molecule has 0 radical (unpaired) electrons. The Labute approximate surface area is 142 Å². The summed E-state index contributed by atoms with van der Waals surface area (Å²) in [6.45, 7) is 4.20. The molecule has 0 fully saturated rings. The number of aromatic nitrogens is 1. The van der Waals surface area contributed by atoms with Gasteiger partial charge in [-0.3, -0.25) is 0 Å². The summed E-state index contributed by atoms with van der Waals surface area (Å²) in [7, 11) is 3.32. The van der Waals surface area contributed by atoms with E-state index in [1.807, 2.05) is 48.5 Å². The molecule has 2 aromatic carbocycles. The third kappa shape index (κ3) is 3.00. The van der Waals surface area contributed by atoms with Crippen molar-refractivity contribution in [3.8, 4) is 33.9 Å². The Morgan fingerprint density at radius 2 is 1.58 bits per heavy atom. The maximum atomic E-state index is 5.67. The van der Waals surface area contributed by atoms with Crippen LogP contribution in [0.25, 0.3) is 22.4 Å². The van der Waals surface area contributed by atoms with Crippen LogP contribution in [0.5, 0.6) is 11.5 Å². The zero-order chi connectivity index (χ0) is 17.1. The van der Waals surface area contributed by atoms with Crippen molar-refractivity contribution in [1.82, 2.24) is 5.16 Å². The van der Waals surface area contributed by atoms with Gasteiger partial charge in [-0.25, -0.2) is 0 Å². The first kappa shape index (κ1) is 16.1. The molecule has 0 aliphatic rings. The lowest BCUT2D eigenvalue weighted by molar-refractivity contribution is 0.373. The van der Waals surface area contributed by atoms with Crippen molar-refractivity contribution in [3.63, 3.8) is 0 Å². The number of benzene rings is 2. The number of rotatable bonds is 5. The predicted molar refractivity (Wildman–Crippen MR) is 94.6 cm³/mol. The van der Waals surface area contributed by atoms with Crippen LogP contribution in [0.15, 0.2) is 53.1 Å². The van der Waals surface area contributed by atoms with Gasteiger partial charge in [0.1, 0.15) is 23.0 Å². The first-order chi connectivity index (χ1) is 11.6. The molecule has 0 unspecified atom stereocenters. The minimum absolute atomic E-state index is 0.227. The summed E-state index contributed by atoms with van der Waals surface area (Å²) in [6, 6.07) is 15.8. The van der Waals surface area contributed by atoms with Crippen LogP contribution < -0.4 is 9.47 Å². The van der Waals surface area contributed by atoms with E-state index in [2.05, 4.69) is 19.0 Å². The molecule has 1 heterocycles. The van der Waals surface area contributed by atoms with E-state index in [0.717, 1.165) is 39.6 Å². The highest BCUT2D eigenvalue weighted by atomic mass is 16.5. The molecule has 4 heteroatoms. The Bertz CT molecular complexity index is 819. The first-order valence-corrected chi connectivity index (χ1v) is 7.92. The summed E-state index contributed by atoms with van der Waals surface area (Å²) in [4.78, 5) is 0. The summed E-state index contributed by atoms with van der Waals surface area (Å²) in [5.41, 5.74) is 3.86. The molecule has 124 valence electrons. The Morgan fingerprint density at radius 3 is 2.21 bits per heavy atom. The van der Waals surface area contributed by atoms with Crippen LogP contribution in [0.1, 0.15) is 25.5 Å². The minimum Gasteiger partial charge on any atom is -0.497 e. The van der Waals surface area contributed by atoms with Gasteiger partial charge in [-0.1, -0.05) is 31.1 Å². The number of hydrogen-bond acceptors (Lipinski definition) is 4. The SMILES string of the molecule is COc1ccc(-c2noc(C(C)C)c2-c2cccc(OC)c2)cc1. The quantitative estimate of drug-likeness (QED) is 0.651. The Hall–Kier alpha value is -2.75. The zero-order valence-electron chi connectivity index (χ0n) is 14.4. The van der Waals surface area contributed by atoms with Crippen molar-refractivity contribution >= 4 is 0 Å². The number of ether oxygens (including phenoxy) is 2. The fourth-order valence-electron chi connectivity index (χ4n) is 2.70. The Kier molecular flexibility index (Phi) is 4.56. The van der Waals surface area contributed by atoms with Gasteiger partial charge in [-0.2, -0.15) is 0 Å². The first-order valence-electron chi connectivity index (χ1n) is 7.92. The van der Waals surface area contributed by atoms with E-state index in [9.17, 15) is 0 Å². The van der Waals surface area contributed by atoms with Crippen LogP contribution in [-0.4, -0.2) is 19.4 Å². The van der Waals surface area contributed by atoms with Crippen molar-refractivity contribution in [3.05, 3.63) is 54.3 Å². The lowest BCUT2D eigenvalue weighted by Crippen LogP contribution is -1.91. The molecule has 4 nitrogen and oxygen atoms in total. The van der Waals surface area contributed by atoms with Crippen molar-refractivity contribution in [2.45, 2.75) is 19.8 Å². The molecule has 1 aromatic heterocycles. The standard InChI is InChI=1S/C20H21NO3/c1-13(2)20-18(15-6-5-7-17(12-15)23-4)19(21-24-20)14-8-10-16(22-3)11-9-14/h5-13H,1-4H3. The molecule has 0 bridgehead atoms. The highest BCUT2D eigenvalue weighted by Crippen LogP contribution is 2.39. The average Bonchev–Trinajstić information content (AvgIpc) is 3.07. The Morgan fingerprint density at radius 1 is 0.875 bits per heavy atom. The molecule has 24 heavy (non-hydrogen) atoms. The molecule has 0 N–H and O–H groups in total. The Balaban J connectivity index is 2.16. The van der Waals surface area contributed by atoms with E-state index in [-0.39, 0.29) is 5.92 Å². The predicted octanol–water partition coefficient (Wildman–Crippen LogP) is 5.15. The molecule has 0 spiro atoms. The van der Waals surface area contributed by atoms with Gasteiger partial charge < -0.3 is 14.0 Å². The second kappa shape index (κ2) is 6.79. The van der Waals surface area contributed by atoms with Crippen LogP contribution in [0, 0.1) is 0 Å². The van der Waals surface area contributed by atoms with Crippen LogP contribution in [0.4, 0.5) is 0 Å². The van der Waals surface area contributed by atoms with Crippen LogP contribution >= 0.6 is 0 Å². The van der Waals surface area contributed by atoms with Gasteiger partial charge >= 0.3 is 0 Å². The van der Waals surface area contributed by atoms with E-state index < -0.39 is 0 Å². The molecule has 3 aromatic rings. The maximum Gasteiger partial charge on any atom is 0.147 e.